The monoisotopic (exact) mass is 373 g/mol. The number of hydrogen-bond acceptors (Lipinski definition) is 4. The summed E-state index contributed by atoms with van der Waals surface area (Å²) < 4.78 is 1.19. The molecule has 3 rings (SSSR count). The number of para-hydroxylation sites is 1. The molecule has 0 aliphatic carbocycles. The number of carbonyl (C=O) groups is 1. The van der Waals surface area contributed by atoms with Gasteiger partial charge in [-0.25, -0.2) is 4.98 Å². The molecule has 0 unspecified atom stereocenters. The summed E-state index contributed by atoms with van der Waals surface area (Å²) in [4.78, 5) is 18.6. The predicted octanol–water partition coefficient (Wildman–Crippen LogP) is 3.74. The van der Waals surface area contributed by atoms with Gasteiger partial charge < -0.3 is 5.32 Å². The molecular formula is C19H20ClN3OS. The third-order valence-corrected chi connectivity index (χ3v) is 5.09. The number of likely N-dealkylation sites (N-methyl/N-ethyl adjacent to an activating group) is 1. The van der Waals surface area contributed by atoms with E-state index in [0.717, 1.165) is 22.5 Å². The van der Waals surface area contributed by atoms with E-state index in [1.165, 1.54) is 4.70 Å². The van der Waals surface area contributed by atoms with Gasteiger partial charge in [-0.05, 0) is 36.9 Å². The van der Waals surface area contributed by atoms with E-state index < -0.39 is 0 Å². The zero-order chi connectivity index (χ0) is 17.6. The highest BCUT2D eigenvalue weighted by Crippen LogP contribution is 2.21. The van der Waals surface area contributed by atoms with Crippen molar-refractivity contribution in [3.05, 3.63) is 64.1 Å². The lowest BCUT2D eigenvalue weighted by Gasteiger charge is -2.16. The van der Waals surface area contributed by atoms with Crippen molar-refractivity contribution in [3.8, 4) is 0 Å². The maximum absolute atomic E-state index is 12.1. The lowest BCUT2D eigenvalue weighted by Crippen LogP contribution is -2.35. The number of halogens is 1. The second-order valence-corrected chi connectivity index (χ2v) is 7.53. The number of benzene rings is 2. The molecule has 0 atom stereocenters. The van der Waals surface area contributed by atoms with E-state index in [-0.39, 0.29) is 5.91 Å². The first-order valence-corrected chi connectivity index (χ1v) is 9.34. The van der Waals surface area contributed by atoms with Crippen molar-refractivity contribution in [2.45, 2.75) is 13.0 Å². The van der Waals surface area contributed by atoms with Crippen molar-refractivity contribution in [2.24, 2.45) is 0 Å². The Hall–Kier alpha value is -1.95. The van der Waals surface area contributed by atoms with Gasteiger partial charge in [-0.2, -0.15) is 0 Å². The first-order chi connectivity index (χ1) is 12.1. The molecule has 0 aliphatic heterocycles. The lowest BCUT2D eigenvalue weighted by atomic mass is 10.2. The third-order valence-electron chi connectivity index (χ3n) is 3.75. The van der Waals surface area contributed by atoms with E-state index in [4.69, 9.17) is 11.6 Å². The summed E-state index contributed by atoms with van der Waals surface area (Å²) in [5.41, 5.74) is 2.12. The Labute approximate surface area is 156 Å². The zero-order valence-electron chi connectivity index (χ0n) is 14.0. The molecule has 0 spiro atoms. The number of aromatic nitrogens is 1. The van der Waals surface area contributed by atoms with Crippen LogP contribution < -0.4 is 5.32 Å². The number of hydrogen-bond donors (Lipinski definition) is 1. The molecule has 1 amide bonds. The fourth-order valence-corrected chi connectivity index (χ4v) is 3.82. The quantitative estimate of drug-likeness (QED) is 0.686. The number of fused-ring (bicyclic) bond motifs is 1. The molecule has 1 heterocycles. The predicted molar refractivity (Wildman–Crippen MR) is 104 cm³/mol. The van der Waals surface area contributed by atoms with E-state index >= 15 is 0 Å². The Kier molecular flexibility index (Phi) is 6.02. The van der Waals surface area contributed by atoms with Gasteiger partial charge in [0.25, 0.3) is 0 Å². The van der Waals surface area contributed by atoms with Gasteiger partial charge in [-0.3, -0.25) is 9.69 Å². The summed E-state index contributed by atoms with van der Waals surface area (Å²) in [7, 11) is 1.92. The summed E-state index contributed by atoms with van der Waals surface area (Å²) in [6.07, 6.45) is 0.753. The minimum atomic E-state index is 0.0191. The summed E-state index contributed by atoms with van der Waals surface area (Å²) in [5, 5.41) is 4.73. The Balaban J connectivity index is 1.43. The van der Waals surface area contributed by atoms with Crippen LogP contribution in [0.3, 0.4) is 0 Å². The van der Waals surface area contributed by atoms with Crippen molar-refractivity contribution < 1.29 is 4.79 Å². The second-order valence-electron chi connectivity index (χ2n) is 5.98. The summed E-state index contributed by atoms with van der Waals surface area (Å²) in [6.45, 7) is 1.64. The molecule has 1 N–H and O–H groups in total. The van der Waals surface area contributed by atoms with Crippen LogP contribution in [0.25, 0.3) is 10.2 Å². The van der Waals surface area contributed by atoms with Gasteiger partial charge in [0.1, 0.15) is 0 Å². The average Bonchev–Trinajstić information content (AvgIpc) is 2.97. The highest BCUT2D eigenvalue weighted by molar-refractivity contribution is 7.18. The molecule has 1 aromatic heterocycles. The number of rotatable bonds is 7. The molecule has 3 aromatic rings. The van der Waals surface area contributed by atoms with E-state index in [1.807, 2.05) is 54.4 Å². The highest BCUT2D eigenvalue weighted by Gasteiger charge is 2.08. The van der Waals surface area contributed by atoms with Gasteiger partial charge >= 0.3 is 0 Å². The van der Waals surface area contributed by atoms with E-state index in [0.29, 0.717) is 24.7 Å². The van der Waals surface area contributed by atoms with Crippen molar-refractivity contribution in [1.82, 2.24) is 15.2 Å². The van der Waals surface area contributed by atoms with Crippen LogP contribution in [0, 0.1) is 0 Å². The Morgan fingerprint density at radius 3 is 2.88 bits per heavy atom. The topological polar surface area (TPSA) is 45.2 Å². The molecule has 0 saturated heterocycles. The standard InChI is InChI=1S/C19H20ClN3OS/c1-23(12-14-5-4-6-15(20)11-14)13-18(24)21-10-9-19-22-16-7-2-3-8-17(16)25-19/h2-8,11H,9-10,12-13H2,1H3,(H,21,24). The van der Waals surface area contributed by atoms with Crippen molar-refractivity contribution in [3.63, 3.8) is 0 Å². The summed E-state index contributed by atoms with van der Waals surface area (Å²) in [6, 6.07) is 15.8. The minimum absolute atomic E-state index is 0.0191. The normalized spacial score (nSPS) is 11.2. The average molecular weight is 374 g/mol. The van der Waals surface area contributed by atoms with E-state index in [9.17, 15) is 4.79 Å². The highest BCUT2D eigenvalue weighted by atomic mass is 35.5. The van der Waals surface area contributed by atoms with Crippen molar-refractivity contribution in [1.29, 1.82) is 0 Å². The molecule has 0 fully saturated rings. The van der Waals surface area contributed by atoms with Gasteiger partial charge in [-0.1, -0.05) is 35.9 Å². The molecule has 4 nitrogen and oxygen atoms in total. The molecule has 6 heteroatoms. The largest absolute Gasteiger partial charge is 0.355 e. The Morgan fingerprint density at radius 1 is 1.24 bits per heavy atom. The third kappa shape index (κ3) is 5.26. The molecule has 25 heavy (non-hydrogen) atoms. The Morgan fingerprint density at radius 2 is 2.08 bits per heavy atom. The first-order valence-electron chi connectivity index (χ1n) is 8.14. The van der Waals surface area contributed by atoms with Gasteiger partial charge in [-0.15, -0.1) is 11.3 Å². The number of carbonyl (C=O) groups excluding carboxylic acids is 1. The molecule has 0 radical (unpaired) electrons. The maximum atomic E-state index is 12.1. The molecule has 0 bridgehead atoms. The molecule has 2 aromatic carbocycles. The lowest BCUT2D eigenvalue weighted by molar-refractivity contribution is -0.122. The van der Waals surface area contributed by atoms with Crippen LogP contribution in [0.5, 0.6) is 0 Å². The minimum Gasteiger partial charge on any atom is -0.355 e. The summed E-state index contributed by atoms with van der Waals surface area (Å²) in [5.74, 6) is 0.0191. The van der Waals surface area contributed by atoms with Crippen LogP contribution in [-0.2, 0) is 17.8 Å². The summed E-state index contributed by atoms with van der Waals surface area (Å²) >= 11 is 7.67. The van der Waals surface area contributed by atoms with E-state index in [2.05, 4.69) is 16.4 Å². The Bertz CT molecular complexity index is 832. The maximum Gasteiger partial charge on any atom is 0.234 e. The first kappa shape index (κ1) is 17.9. The fourth-order valence-electron chi connectivity index (χ4n) is 2.64. The van der Waals surface area contributed by atoms with Gasteiger partial charge in [0, 0.05) is 24.5 Å². The number of thiazole rings is 1. The fraction of sp³-hybridized carbons (Fsp3) is 0.263. The van der Waals surface area contributed by atoms with Crippen LogP contribution in [0.1, 0.15) is 10.6 Å². The van der Waals surface area contributed by atoms with E-state index in [1.54, 1.807) is 11.3 Å². The van der Waals surface area contributed by atoms with Crippen LogP contribution in [0.4, 0.5) is 0 Å². The number of amides is 1. The second kappa shape index (κ2) is 8.43. The smallest absolute Gasteiger partial charge is 0.234 e. The van der Waals surface area contributed by atoms with Crippen LogP contribution >= 0.6 is 22.9 Å². The number of nitrogens with zero attached hydrogens (tertiary/aromatic N) is 2. The van der Waals surface area contributed by atoms with Crippen molar-refractivity contribution >= 4 is 39.1 Å². The SMILES string of the molecule is CN(CC(=O)NCCc1nc2ccccc2s1)Cc1cccc(Cl)c1. The zero-order valence-corrected chi connectivity index (χ0v) is 15.6. The van der Waals surface area contributed by atoms with Gasteiger partial charge in [0.2, 0.25) is 5.91 Å². The molecule has 130 valence electrons. The molecular weight excluding hydrogens is 354 g/mol. The molecule has 0 saturated carbocycles. The van der Waals surface area contributed by atoms with Crippen LogP contribution in [-0.4, -0.2) is 35.9 Å². The molecule has 0 aliphatic rings. The number of nitrogens with one attached hydrogen (secondary N) is 1. The van der Waals surface area contributed by atoms with Crippen molar-refractivity contribution in [2.75, 3.05) is 20.1 Å². The van der Waals surface area contributed by atoms with Crippen LogP contribution in [0.15, 0.2) is 48.5 Å². The van der Waals surface area contributed by atoms with Gasteiger partial charge in [0.15, 0.2) is 0 Å². The van der Waals surface area contributed by atoms with Gasteiger partial charge in [0.05, 0.1) is 21.8 Å². The van der Waals surface area contributed by atoms with Crippen LogP contribution in [0.2, 0.25) is 5.02 Å².